The molecule has 2 aliphatic rings. The number of anilines is 1. The standard InChI is InChI=1S/C18H21N3O4S/c1-11-17-15(12-4-3-5-14(8-12)25-2)9-16(22)19-18(17)21(20-11)13-6-7-26(23,24)10-13/h3-5,8,13,15H,6-7,9-10H2,1-2H3,(H,19,22). The van der Waals surface area contributed by atoms with Gasteiger partial charge in [0.25, 0.3) is 0 Å². The minimum Gasteiger partial charge on any atom is -0.497 e. The molecule has 8 heteroatoms. The Morgan fingerprint density at radius 1 is 1.35 bits per heavy atom. The van der Waals surface area contributed by atoms with Crippen molar-refractivity contribution in [3.05, 3.63) is 41.1 Å². The van der Waals surface area contributed by atoms with Crippen LogP contribution in [0.25, 0.3) is 0 Å². The van der Waals surface area contributed by atoms with Crippen LogP contribution in [-0.4, -0.2) is 42.7 Å². The van der Waals surface area contributed by atoms with Gasteiger partial charge < -0.3 is 10.1 Å². The molecule has 1 saturated heterocycles. The Morgan fingerprint density at radius 2 is 2.15 bits per heavy atom. The number of sulfone groups is 1. The van der Waals surface area contributed by atoms with Crippen LogP contribution < -0.4 is 10.1 Å². The summed E-state index contributed by atoms with van der Waals surface area (Å²) in [7, 11) is -1.43. The lowest BCUT2D eigenvalue weighted by molar-refractivity contribution is -0.116. The Hall–Kier alpha value is -2.35. The van der Waals surface area contributed by atoms with Crippen LogP contribution >= 0.6 is 0 Å². The van der Waals surface area contributed by atoms with Gasteiger partial charge in [-0.15, -0.1) is 0 Å². The fourth-order valence-electron chi connectivity index (χ4n) is 3.95. The highest BCUT2D eigenvalue weighted by Crippen LogP contribution is 2.42. The molecule has 2 aliphatic heterocycles. The zero-order valence-electron chi connectivity index (χ0n) is 14.7. The van der Waals surface area contributed by atoms with Gasteiger partial charge in [-0.3, -0.25) is 4.79 Å². The lowest BCUT2D eigenvalue weighted by Gasteiger charge is -2.25. The molecule has 2 unspecified atom stereocenters. The van der Waals surface area contributed by atoms with Crippen LogP contribution in [0.4, 0.5) is 5.82 Å². The first-order chi connectivity index (χ1) is 12.4. The van der Waals surface area contributed by atoms with Crippen molar-refractivity contribution in [3.63, 3.8) is 0 Å². The number of hydrogen-bond donors (Lipinski definition) is 1. The third-order valence-corrected chi connectivity index (χ3v) is 6.93. The number of carbonyl (C=O) groups excluding carboxylic acids is 1. The Balaban J connectivity index is 1.80. The maximum absolute atomic E-state index is 12.4. The predicted octanol–water partition coefficient (Wildman–Crippen LogP) is 2.03. The van der Waals surface area contributed by atoms with Gasteiger partial charge >= 0.3 is 0 Å². The molecule has 2 atom stereocenters. The number of aromatic nitrogens is 2. The smallest absolute Gasteiger partial charge is 0.226 e. The normalized spacial score (nSPS) is 24.2. The Labute approximate surface area is 152 Å². The molecule has 1 amide bonds. The first-order valence-corrected chi connectivity index (χ1v) is 10.4. The van der Waals surface area contributed by atoms with Crippen molar-refractivity contribution in [1.29, 1.82) is 0 Å². The third kappa shape index (κ3) is 2.88. The maximum Gasteiger partial charge on any atom is 0.226 e. The van der Waals surface area contributed by atoms with E-state index in [1.54, 1.807) is 11.8 Å². The van der Waals surface area contributed by atoms with E-state index < -0.39 is 9.84 Å². The molecular weight excluding hydrogens is 354 g/mol. The third-order valence-electron chi connectivity index (χ3n) is 5.18. The quantitative estimate of drug-likeness (QED) is 0.886. The largest absolute Gasteiger partial charge is 0.497 e. The number of carbonyl (C=O) groups is 1. The molecule has 4 rings (SSSR count). The van der Waals surface area contributed by atoms with E-state index in [4.69, 9.17) is 4.74 Å². The number of benzene rings is 1. The second-order valence-electron chi connectivity index (χ2n) is 6.93. The number of methoxy groups -OCH3 is 1. The summed E-state index contributed by atoms with van der Waals surface area (Å²) >= 11 is 0. The Bertz CT molecular complexity index is 980. The van der Waals surface area contributed by atoms with E-state index in [0.29, 0.717) is 18.7 Å². The fraction of sp³-hybridized carbons (Fsp3) is 0.444. The second-order valence-corrected chi connectivity index (χ2v) is 9.16. The van der Waals surface area contributed by atoms with E-state index in [2.05, 4.69) is 10.4 Å². The molecule has 2 aromatic rings. The van der Waals surface area contributed by atoms with Crippen molar-refractivity contribution in [1.82, 2.24) is 9.78 Å². The molecule has 3 heterocycles. The van der Waals surface area contributed by atoms with Gasteiger partial charge in [-0.25, -0.2) is 13.1 Å². The van der Waals surface area contributed by atoms with Gasteiger partial charge in [-0.2, -0.15) is 5.10 Å². The van der Waals surface area contributed by atoms with Crippen LogP contribution in [0.5, 0.6) is 5.75 Å². The molecule has 0 saturated carbocycles. The van der Waals surface area contributed by atoms with Crippen LogP contribution in [0.3, 0.4) is 0 Å². The molecule has 0 aliphatic carbocycles. The minimum absolute atomic E-state index is 0.0697. The summed E-state index contributed by atoms with van der Waals surface area (Å²) in [6.45, 7) is 1.91. The van der Waals surface area contributed by atoms with Crippen molar-refractivity contribution in [3.8, 4) is 5.75 Å². The number of fused-ring (bicyclic) bond motifs is 1. The summed E-state index contributed by atoms with van der Waals surface area (Å²) in [4.78, 5) is 12.4. The van der Waals surface area contributed by atoms with E-state index in [1.165, 1.54) is 0 Å². The van der Waals surface area contributed by atoms with Crippen LogP contribution in [-0.2, 0) is 14.6 Å². The van der Waals surface area contributed by atoms with Crippen molar-refractivity contribution in [2.24, 2.45) is 0 Å². The lowest BCUT2D eigenvalue weighted by atomic mass is 9.85. The molecule has 26 heavy (non-hydrogen) atoms. The molecule has 1 N–H and O–H groups in total. The van der Waals surface area contributed by atoms with Crippen molar-refractivity contribution < 1.29 is 17.9 Å². The van der Waals surface area contributed by atoms with Crippen LogP contribution in [0.1, 0.15) is 41.6 Å². The summed E-state index contributed by atoms with van der Waals surface area (Å²) in [6, 6.07) is 7.46. The Kier molecular flexibility index (Phi) is 4.02. The number of hydrogen-bond acceptors (Lipinski definition) is 5. The van der Waals surface area contributed by atoms with Crippen molar-refractivity contribution >= 4 is 21.6 Å². The summed E-state index contributed by atoms with van der Waals surface area (Å²) in [5.74, 6) is 1.39. The molecule has 0 radical (unpaired) electrons. The zero-order valence-corrected chi connectivity index (χ0v) is 15.5. The second kappa shape index (κ2) is 6.12. The van der Waals surface area contributed by atoms with Crippen LogP contribution in [0.15, 0.2) is 24.3 Å². The summed E-state index contributed by atoms with van der Waals surface area (Å²) < 4.78 is 30.8. The number of nitrogens with one attached hydrogen (secondary N) is 1. The number of rotatable bonds is 3. The zero-order chi connectivity index (χ0) is 18.5. The fourth-order valence-corrected chi connectivity index (χ4v) is 5.64. The number of aryl methyl sites for hydroxylation is 1. The van der Waals surface area contributed by atoms with E-state index in [-0.39, 0.29) is 29.4 Å². The predicted molar refractivity (Wildman–Crippen MR) is 97.4 cm³/mol. The number of nitrogens with zero attached hydrogens (tertiary/aromatic N) is 2. The van der Waals surface area contributed by atoms with Gasteiger partial charge in [0.15, 0.2) is 9.84 Å². The SMILES string of the molecule is COc1cccc(C2CC(=O)Nc3c2c(C)nn3C2CCS(=O)(=O)C2)c1. The molecule has 1 aromatic heterocycles. The van der Waals surface area contributed by atoms with Gasteiger partial charge in [-0.1, -0.05) is 12.1 Å². The summed E-state index contributed by atoms with van der Waals surface area (Å²) in [5.41, 5.74) is 2.77. The molecule has 138 valence electrons. The molecule has 1 aromatic carbocycles. The lowest BCUT2D eigenvalue weighted by Crippen LogP contribution is -2.26. The van der Waals surface area contributed by atoms with Gasteiger partial charge in [0, 0.05) is 17.9 Å². The summed E-state index contributed by atoms with van der Waals surface area (Å²) in [6.07, 6.45) is 0.852. The minimum atomic E-state index is -3.04. The van der Waals surface area contributed by atoms with E-state index in [1.807, 2.05) is 31.2 Å². The Morgan fingerprint density at radius 3 is 2.85 bits per heavy atom. The topological polar surface area (TPSA) is 90.3 Å². The molecular formula is C18H21N3O4S. The van der Waals surface area contributed by atoms with E-state index in [0.717, 1.165) is 22.6 Å². The number of ether oxygens (including phenoxy) is 1. The maximum atomic E-state index is 12.4. The highest BCUT2D eigenvalue weighted by Gasteiger charge is 2.37. The van der Waals surface area contributed by atoms with Gasteiger partial charge in [0.1, 0.15) is 11.6 Å². The van der Waals surface area contributed by atoms with Crippen molar-refractivity contribution in [2.45, 2.75) is 31.7 Å². The summed E-state index contributed by atoms with van der Waals surface area (Å²) in [5, 5.41) is 7.52. The van der Waals surface area contributed by atoms with Crippen LogP contribution in [0, 0.1) is 6.92 Å². The average Bonchev–Trinajstić information content (AvgIpc) is 3.13. The highest BCUT2D eigenvalue weighted by molar-refractivity contribution is 7.91. The van der Waals surface area contributed by atoms with E-state index >= 15 is 0 Å². The first kappa shape index (κ1) is 17.1. The van der Waals surface area contributed by atoms with E-state index in [9.17, 15) is 13.2 Å². The molecule has 0 spiro atoms. The molecule has 0 bridgehead atoms. The number of amides is 1. The van der Waals surface area contributed by atoms with Gasteiger partial charge in [0.2, 0.25) is 5.91 Å². The van der Waals surface area contributed by atoms with Gasteiger partial charge in [0.05, 0.1) is 30.4 Å². The average molecular weight is 375 g/mol. The van der Waals surface area contributed by atoms with Gasteiger partial charge in [-0.05, 0) is 31.0 Å². The molecule has 1 fully saturated rings. The first-order valence-electron chi connectivity index (χ1n) is 8.61. The van der Waals surface area contributed by atoms with Crippen molar-refractivity contribution in [2.75, 3.05) is 23.9 Å². The highest BCUT2D eigenvalue weighted by atomic mass is 32.2. The molecule has 7 nitrogen and oxygen atoms in total. The monoisotopic (exact) mass is 375 g/mol. The van der Waals surface area contributed by atoms with Crippen LogP contribution in [0.2, 0.25) is 0 Å².